The SMILES string of the molecule is COc1ccc(NC(=O)CSc2nnc(-c3ccc(OC)c(OC)c3)n2-c2ccccc2)c(OC)c1. The molecule has 0 aliphatic heterocycles. The van der Waals surface area contributed by atoms with Crippen molar-refractivity contribution in [3.05, 3.63) is 66.7 Å². The van der Waals surface area contributed by atoms with Gasteiger partial charge in [0.1, 0.15) is 11.5 Å². The van der Waals surface area contributed by atoms with Gasteiger partial charge in [0.05, 0.1) is 39.9 Å². The van der Waals surface area contributed by atoms with Gasteiger partial charge < -0.3 is 24.3 Å². The van der Waals surface area contributed by atoms with E-state index in [1.165, 1.54) is 18.9 Å². The first-order chi connectivity index (χ1) is 17.6. The first-order valence-corrected chi connectivity index (χ1v) is 11.9. The van der Waals surface area contributed by atoms with Crippen LogP contribution in [0.3, 0.4) is 0 Å². The predicted molar refractivity (Wildman–Crippen MR) is 139 cm³/mol. The van der Waals surface area contributed by atoms with E-state index in [2.05, 4.69) is 15.5 Å². The van der Waals surface area contributed by atoms with Gasteiger partial charge in [-0.25, -0.2) is 0 Å². The minimum absolute atomic E-state index is 0.117. The number of carbonyl (C=O) groups excluding carboxylic acids is 1. The van der Waals surface area contributed by atoms with E-state index >= 15 is 0 Å². The Morgan fingerprint density at radius 2 is 1.58 bits per heavy atom. The summed E-state index contributed by atoms with van der Waals surface area (Å²) in [5, 5.41) is 12.3. The van der Waals surface area contributed by atoms with E-state index in [4.69, 9.17) is 18.9 Å². The standard InChI is InChI=1S/C26H26N4O5S/c1-32-19-11-12-20(22(15-19)34-3)27-24(31)16-36-26-29-28-25(30(26)18-8-6-5-7-9-18)17-10-13-21(33-2)23(14-17)35-4/h5-15H,16H2,1-4H3,(H,27,31). The Hall–Kier alpha value is -4.18. The summed E-state index contributed by atoms with van der Waals surface area (Å²) in [6.07, 6.45) is 0. The number of nitrogens with one attached hydrogen (secondary N) is 1. The summed E-state index contributed by atoms with van der Waals surface area (Å²) in [6, 6.07) is 20.5. The van der Waals surface area contributed by atoms with Crippen LogP contribution >= 0.6 is 11.8 Å². The summed E-state index contributed by atoms with van der Waals surface area (Å²) in [6.45, 7) is 0. The summed E-state index contributed by atoms with van der Waals surface area (Å²) in [4.78, 5) is 12.8. The summed E-state index contributed by atoms with van der Waals surface area (Å²) >= 11 is 1.28. The highest BCUT2D eigenvalue weighted by Gasteiger charge is 2.19. The molecule has 1 heterocycles. The van der Waals surface area contributed by atoms with Crippen molar-refractivity contribution in [3.63, 3.8) is 0 Å². The number of hydrogen-bond donors (Lipinski definition) is 1. The summed E-state index contributed by atoms with van der Waals surface area (Å²) < 4.78 is 23.3. The molecule has 0 aliphatic rings. The molecule has 3 aromatic carbocycles. The van der Waals surface area contributed by atoms with E-state index in [0.717, 1.165) is 11.3 Å². The average molecular weight is 507 g/mol. The third-order valence-corrected chi connectivity index (χ3v) is 6.23. The van der Waals surface area contributed by atoms with Crippen molar-refractivity contribution in [2.24, 2.45) is 0 Å². The van der Waals surface area contributed by atoms with Crippen molar-refractivity contribution in [2.75, 3.05) is 39.5 Å². The zero-order chi connectivity index (χ0) is 25.5. The van der Waals surface area contributed by atoms with E-state index in [9.17, 15) is 4.79 Å². The second kappa shape index (κ2) is 11.5. The van der Waals surface area contributed by atoms with Gasteiger partial charge in [0.15, 0.2) is 22.5 Å². The van der Waals surface area contributed by atoms with Gasteiger partial charge >= 0.3 is 0 Å². The Kier molecular flexibility index (Phi) is 7.96. The molecule has 9 nitrogen and oxygen atoms in total. The first kappa shape index (κ1) is 24.9. The van der Waals surface area contributed by atoms with Crippen LogP contribution in [0.15, 0.2) is 71.9 Å². The van der Waals surface area contributed by atoms with Crippen molar-refractivity contribution >= 4 is 23.4 Å². The number of rotatable bonds is 10. The molecule has 0 unspecified atom stereocenters. The summed E-state index contributed by atoms with van der Waals surface area (Å²) in [5.41, 5.74) is 2.22. The van der Waals surface area contributed by atoms with Crippen LogP contribution in [-0.2, 0) is 4.79 Å². The minimum Gasteiger partial charge on any atom is -0.497 e. The first-order valence-electron chi connectivity index (χ1n) is 11.0. The Labute approximate surface area is 213 Å². The van der Waals surface area contributed by atoms with Crippen molar-refractivity contribution in [2.45, 2.75) is 5.16 Å². The number of hydrogen-bond acceptors (Lipinski definition) is 8. The van der Waals surface area contributed by atoms with Crippen LogP contribution in [0.5, 0.6) is 23.0 Å². The van der Waals surface area contributed by atoms with E-state index < -0.39 is 0 Å². The molecule has 0 fully saturated rings. The number of aromatic nitrogens is 3. The zero-order valence-corrected chi connectivity index (χ0v) is 21.2. The van der Waals surface area contributed by atoms with Crippen LogP contribution in [0.25, 0.3) is 17.1 Å². The van der Waals surface area contributed by atoms with Crippen LogP contribution in [0.2, 0.25) is 0 Å². The number of thioether (sulfide) groups is 1. The number of nitrogens with zero attached hydrogens (tertiary/aromatic N) is 3. The number of amides is 1. The third kappa shape index (κ3) is 5.38. The van der Waals surface area contributed by atoms with Crippen LogP contribution in [0.1, 0.15) is 0 Å². The van der Waals surface area contributed by atoms with Crippen LogP contribution < -0.4 is 24.3 Å². The summed E-state index contributed by atoms with van der Waals surface area (Å²) in [7, 11) is 6.28. The van der Waals surface area contributed by atoms with Gasteiger partial charge in [-0.2, -0.15) is 0 Å². The molecule has 0 atom stereocenters. The molecule has 1 aromatic heterocycles. The van der Waals surface area contributed by atoms with E-state index in [1.807, 2.05) is 53.1 Å². The fourth-order valence-corrected chi connectivity index (χ4v) is 4.31. The van der Waals surface area contributed by atoms with Gasteiger partial charge in [-0.15, -0.1) is 10.2 Å². The van der Waals surface area contributed by atoms with Gasteiger partial charge in [0.2, 0.25) is 5.91 Å². The maximum Gasteiger partial charge on any atom is 0.234 e. The molecule has 4 aromatic rings. The molecule has 4 rings (SSSR count). The zero-order valence-electron chi connectivity index (χ0n) is 20.3. The molecule has 1 N–H and O–H groups in total. The monoisotopic (exact) mass is 506 g/mol. The topological polar surface area (TPSA) is 96.7 Å². The highest BCUT2D eigenvalue weighted by molar-refractivity contribution is 7.99. The highest BCUT2D eigenvalue weighted by Crippen LogP contribution is 2.34. The lowest BCUT2D eigenvalue weighted by atomic mass is 10.2. The molecule has 0 aliphatic carbocycles. The lowest BCUT2D eigenvalue weighted by Crippen LogP contribution is -2.15. The molecule has 0 spiro atoms. The third-order valence-electron chi connectivity index (χ3n) is 5.30. The van der Waals surface area contributed by atoms with Gasteiger partial charge in [0, 0.05) is 17.3 Å². The van der Waals surface area contributed by atoms with Crippen molar-refractivity contribution in [1.29, 1.82) is 0 Å². The van der Waals surface area contributed by atoms with Crippen molar-refractivity contribution in [3.8, 4) is 40.1 Å². The van der Waals surface area contributed by atoms with Gasteiger partial charge in [-0.05, 0) is 42.5 Å². The Balaban J connectivity index is 1.60. The molecule has 36 heavy (non-hydrogen) atoms. The Bertz CT molecular complexity index is 1340. The molecule has 0 saturated carbocycles. The largest absolute Gasteiger partial charge is 0.497 e. The minimum atomic E-state index is -0.209. The number of para-hydroxylation sites is 1. The Morgan fingerprint density at radius 1 is 0.833 bits per heavy atom. The molecule has 186 valence electrons. The lowest BCUT2D eigenvalue weighted by molar-refractivity contribution is -0.113. The smallest absolute Gasteiger partial charge is 0.234 e. The van der Waals surface area contributed by atoms with E-state index in [1.54, 1.807) is 39.5 Å². The molecule has 0 radical (unpaired) electrons. The molecule has 10 heteroatoms. The van der Waals surface area contributed by atoms with Gasteiger partial charge in [0.25, 0.3) is 0 Å². The number of anilines is 1. The van der Waals surface area contributed by atoms with Gasteiger partial charge in [-0.3, -0.25) is 9.36 Å². The number of methoxy groups -OCH3 is 4. The highest BCUT2D eigenvalue weighted by atomic mass is 32.2. The molecular weight excluding hydrogens is 480 g/mol. The van der Waals surface area contributed by atoms with Crippen LogP contribution in [-0.4, -0.2) is 54.9 Å². The second-order valence-electron chi connectivity index (χ2n) is 7.45. The molecule has 1 amide bonds. The van der Waals surface area contributed by atoms with Crippen LogP contribution in [0, 0.1) is 0 Å². The molecular formula is C26H26N4O5S. The Morgan fingerprint density at radius 3 is 2.28 bits per heavy atom. The molecule has 0 bridgehead atoms. The van der Waals surface area contributed by atoms with Crippen LogP contribution in [0.4, 0.5) is 5.69 Å². The normalized spacial score (nSPS) is 10.6. The summed E-state index contributed by atoms with van der Waals surface area (Å²) in [5.74, 6) is 2.87. The van der Waals surface area contributed by atoms with Crippen molar-refractivity contribution in [1.82, 2.24) is 14.8 Å². The predicted octanol–water partition coefficient (Wildman–Crippen LogP) is 4.70. The lowest BCUT2D eigenvalue weighted by Gasteiger charge is -2.13. The fourth-order valence-electron chi connectivity index (χ4n) is 3.55. The maximum absolute atomic E-state index is 12.8. The number of ether oxygens (including phenoxy) is 4. The quantitative estimate of drug-likeness (QED) is 0.309. The van der Waals surface area contributed by atoms with Gasteiger partial charge in [-0.1, -0.05) is 30.0 Å². The fraction of sp³-hybridized carbons (Fsp3) is 0.192. The average Bonchev–Trinajstić information content (AvgIpc) is 3.36. The molecule has 0 saturated heterocycles. The maximum atomic E-state index is 12.8. The van der Waals surface area contributed by atoms with Crippen molar-refractivity contribution < 1.29 is 23.7 Å². The van der Waals surface area contributed by atoms with E-state index in [0.29, 0.717) is 39.7 Å². The van der Waals surface area contributed by atoms with E-state index in [-0.39, 0.29) is 11.7 Å². The number of benzene rings is 3. The second-order valence-corrected chi connectivity index (χ2v) is 8.39. The number of carbonyl (C=O) groups is 1.